The van der Waals surface area contributed by atoms with E-state index in [1.54, 1.807) is 21.7 Å². The van der Waals surface area contributed by atoms with E-state index >= 15 is 0 Å². The molecule has 1 unspecified atom stereocenters. The van der Waals surface area contributed by atoms with Gasteiger partial charge in [-0.2, -0.15) is 4.31 Å². The van der Waals surface area contributed by atoms with Gasteiger partial charge >= 0.3 is 0 Å². The summed E-state index contributed by atoms with van der Waals surface area (Å²) in [6, 6.07) is 5.50. The van der Waals surface area contributed by atoms with Crippen LogP contribution in [0.15, 0.2) is 23.1 Å². The fourth-order valence-electron chi connectivity index (χ4n) is 3.07. The number of aromatic nitrogens is 2. The van der Waals surface area contributed by atoms with Gasteiger partial charge < -0.3 is 0 Å². The highest BCUT2D eigenvalue weighted by molar-refractivity contribution is 7.89. The highest BCUT2D eigenvalue weighted by Gasteiger charge is 2.33. The molecule has 1 aliphatic rings. The van der Waals surface area contributed by atoms with Crippen molar-refractivity contribution in [3.8, 4) is 0 Å². The molecule has 0 bridgehead atoms. The molecule has 1 aromatic carbocycles. The molecule has 2 heterocycles. The van der Waals surface area contributed by atoms with Crippen LogP contribution >= 0.6 is 11.3 Å². The van der Waals surface area contributed by atoms with E-state index in [0.29, 0.717) is 18.0 Å². The summed E-state index contributed by atoms with van der Waals surface area (Å²) in [5.74, 6) is 0.149. The van der Waals surface area contributed by atoms with Crippen molar-refractivity contribution < 1.29 is 8.42 Å². The average Bonchev–Trinajstić information content (AvgIpc) is 2.93. The Morgan fingerprint density at radius 2 is 2.00 bits per heavy atom. The van der Waals surface area contributed by atoms with E-state index in [2.05, 4.69) is 10.2 Å². The molecule has 0 N–H and O–H groups in total. The lowest BCUT2D eigenvalue weighted by Crippen LogP contribution is -2.39. The van der Waals surface area contributed by atoms with Gasteiger partial charge in [-0.3, -0.25) is 0 Å². The minimum absolute atomic E-state index is 0.149. The molecule has 23 heavy (non-hydrogen) atoms. The van der Waals surface area contributed by atoms with Crippen LogP contribution in [0.3, 0.4) is 0 Å². The molecule has 0 amide bonds. The van der Waals surface area contributed by atoms with Crippen LogP contribution in [0.25, 0.3) is 0 Å². The molecule has 1 atom stereocenters. The molecule has 2 aromatic rings. The predicted octanol–water partition coefficient (Wildman–Crippen LogP) is 3.03. The van der Waals surface area contributed by atoms with Gasteiger partial charge in [0.15, 0.2) is 0 Å². The highest BCUT2D eigenvalue weighted by atomic mass is 32.2. The Labute approximate surface area is 141 Å². The maximum absolute atomic E-state index is 13.0. The standard InChI is InChI=1S/C16H21N3O2S2/c1-11-6-7-15(12(2)9-11)23(20,21)19-8-4-5-14(10-19)16-18-17-13(3)22-16/h6-7,9,14H,4-5,8,10H2,1-3H3. The number of hydrogen-bond donors (Lipinski definition) is 0. The van der Waals surface area contributed by atoms with Crippen LogP contribution in [-0.2, 0) is 10.0 Å². The molecular weight excluding hydrogens is 330 g/mol. The normalized spacial score (nSPS) is 19.9. The Kier molecular flexibility index (Phi) is 4.53. The van der Waals surface area contributed by atoms with Gasteiger partial charge in [0.1, 0.15) is 10.0 Å². The van der Waals surface area contributed by atoms with Gasteiger partial charge in [-0.05, 0) is 45.2 Å². The van der Waals surface area contributed by atoms with E-state index < -0.39 is 10.0 Å². The summed E-state index contributed by atoms with van der Waals surface area (Å²) in [5, 5.41) is 10.1. The van der Waals surface area contributed by atoms with Crippen LogP contribution in [0.1, 0.15) is 39.9 Å². The highest BCUT2D eigenvalue weighted by Crippen LogP contribution is 2.32. The summed E-state index contributed by atoms with van der Waals surface area (Å²) in [5.41, 5.74) is 1.88. The Morgan fingerprint density at radius 3 is 2.65 bits per heavy atom. The molecule has 3 rings (SSSR count). The molecule has 7 heteroatoms. The predicted molar refractivity (Wildman–Crippen MR) is 91.3 cm³/mol. The number of hydrogen-bond acceptors (Lipinski definition) is 5. The molecule has 1 aliphatic heterocycles. The van der Waals surface area contributed by atoms with Crippen LogP contribution in [0.2, 0.25) is 0 Å². The van der Waals surface area contributed by atoms with Crippen LogP contribution in [0.4, 0.5) is 0 Å². The van der Waals surface area contributed by atoms with Crippen molar-refractivity contribution >= 4 is 21.4 Å². The lowest BCUT2D eigenvalue weighted by atomic mass is 10.0. The molecule has 0 spiro atoms. The first-order chi connectivity index (χ1) is 10.9. The maximum Gasteiger partial charge on any atom is 0.243 e. The summed E-state index contributed by atoms with van der Waals surface area (Å²) >= 11 is 1.56. The number of piperidine rings is 1. The summed E-state index contributed by atoms with van der Waals surface area (Å²) in [6.07, 6.45) is 1.82. The fourth-order valence-corrected chi connectivity index (χ4v) is 5.62. The minimum Gasteiger partial charge on any atom is -0.207 e. The van der Waals surface area contributed by atoms with Gasteiger partial charge in [-0.15, -0.1) is 21.5 Å². The minimum atomic E-state index is -3.45. The first-order valence-electron chi connectivity index (χ1n) is 7.75. The largest absolute Gasteiger partial charge is 0.243 e. The van der Waals surface area contributed by atoms with Gasteiger partial charge in [0.25, 0.3) is 0 Å². The van der Waals surface area contributed by atoms with Crippen molar-refractivity contribution in [2.24, 2.45) is 0 Å². The smallest absolute Gasteiger partial charge is 0.207 e. The zero-order valence-corrected chi connectivity index (χ0v) is 15.2. The van der Waals surface area contributed by atoms with Crippen LogP contribution < -0.4 is 0 Å². The zero-order chi connectivity index (χ0) is 16.6. The van der Waals surface area contributed by atoms with Crippen molar-refractivity contribution in [3.05, 3.63) is 39.3 Å². The van der Waals surface area contributed by atoms with Crippen molar-refractivity contribution in [1.29, 1.82) is 0 Å². The molecule has 5 nitrogen and oxygen atoms in total. The third-order valence-corrected chi connectivity index (χ3v) is 7.25. The van der Waals surface area contributed by atoms with Crippen LogP contribution in [0.5, 0.6) is 0 Å². The van der Waals surface area contributed by atoms with Gasteiger partial charge in [-0.1, -0.05) is 17.7 Å². The van der Waals surface area contributed by atoms with E-state index in [0.717, 1.165) is 34.0 Å². The molecule has 1 aromatic heterocycles. The van der Waals surface area contributed by atoms with Gasteiger partial charge in [0.05, 0.1) is 4.90 Å². The van der Waals surface area contributed by atoms with E-state index in [9.17, 15) is 8.42 Å². The quantitative estimate of drug-likeness (QED) is 0.853. The molecule has 0 aliphatic carbocycles. The van der Waals surface area contributed by atoms with Crippen LogP contribution in [-0.4, -0.2) is 36.0 Å². The number of aryl methyl sites for hydroxylation is 3. The molecule has 1 saturated heterocycles. The Morgan fingerprint density at radius 1 is 1.22 bits per heavy atom. The fraction of sp³-hybridized carbons (Fsp3) is 0.500. The second-order valence-corrected chi connectivity index (χ2v) is 9.25. The molecule has 1 fully saturated rings. The Bertz CT molecular complexity index is 814. The number of rotatable bonds is 3. The number of nitrogens with zero attached hydrogens (tertiary/aromatic N) is 3. The molecule has 124 valence electrons. The lowest BCUT2D eigenvalue weighted by Gasteiger charge is -2.31. The Balaban J connectivity index is 1.87. The number of benzene rings is 1. The van der Waals surface area contributed by atoms with E-state index in [-0.39, 0.29) is 5.92 Å². The van der Waals surface area contributed by atoms with Crippen molar-refractivity contribution in [2.75, 3.05) is 13.1 Å². The Hall–Kier alpha value is -1.31. The molecule has 0 radical (unpaired) electrons. The third kappa shape index (κ3) is 3.32. The van der Waals surface area contributed by atoms with E-state index in [1.807, 2.05) is 32.9 Å². The summed E-state index contributed by atoms with van der Waals surface area (Å²) in [4.78, 5) is 0.414. The van der Waals surface area contributed by atoms with E-state index in [1.165, 1.54) is 0 Å². The SMILES string of the molecule is Cc1ccc(S(=O)(=O)N2CCCC(c3nnc(C)s3)C2)c(C)c1. The van der Waals surface area contributed by atoms with Crippen molar-refractivity contribution in [1.82, 2.24) is 14.5 Å². The van der Waals surface area contributed by atoms with Crippen molar-refractivity contribution in [3.63, 3.8) is 0 Å². The van der Waals surface area contributed by atoms with Crippen molar-refractivity contribution in [2.45, 2.75) is 44.4 Å². The van der Waals surface area contributed by atoms with Gasteiger partial charge in [-0.25, -0.2) is 8.42 Å². The van der Waals surface area contributed by atoms with Gasteiger partial charge in [0, 0.05) is 19.0 Å². The molecule has 0 saturated carbocycles. The summed E-state index contributed by atoms with van der Waals surface area (Å²) < 4.78 is 27.6. The van der Waals surface area contributed by atoms with E-state index in [4.69, 9.17) is 0 Å². The topological polar surface area (TPSA) is 63.2 Å². The average molecular weight is 351 g/mol. The third-order valence-electron chi connectivity index (χ3n) is 4.22. The second-order valence-electron chi connectivity index (χ2n) is 6.13. The number of sulfonamides is 1. The maximum atomic E-state index is 13.0. The second kappa shape index (κ2) is 6.30. The lowest BCUT2D eigenvalue weighted by molar-refractivity contribution is 0.314. The molecular formula is C16H21N3O2S2. The van der Waals surface area contributed by atoms with Gasteiger partial charge in [0.2, 0.25) is 10.0 Å². The zero-order valence-electron chi connectivity index (χ0n) is 13.6. The summed E-state index contributed by atoms with van der Waals surface area (Å²) in [6.45, 7) is 6.82. The first kappa shape index (κ1) is 16.5. The summed E-state index contributed by atoms with van der Waals surface area (Å²) in [7, 11) is -3.45. The van der Waals surface area contributed by atoms with Crippen LogP contribution in [0, 0.1) is 20.8 Å². The first-order valence-corrected chi connectivity index (χ1v) is 10.0. The monoisotopic (exact) mass is 351 g/mol.